The highest BCUT2D eigenvalue weighted by Crippen LogP contribution is 2.40. The summed E-state index contributed by atoms with van der Waals surface area (Å²) in [5, 5.41) is 1.21. The lowest BCUT2D eigenvalue weighted by Gasteiger charge is -2.32. The molecule has 1 aromatic heterocycles. The number of nitrogens with zero attached hydrogens (tertiary/aromatic N) is 1. The third-order valence-corrected chi connectivity index (χ3v) is 7.56. The summed E-state index contributed by atoms with van der Waals surface area (Å²) in [5.74, 6) is 3.64. The van der Waals surface area contributed by atoms with Crippen LogP contribution in [0.3, 0.4) is 0 Å². The Labute approximate surface area is 190 Å². The minimum atomic E-state index is 0.0878. The summed E-state index contributed by atoms with van der Waals surface area (Å²) >= 11 is 1.78. The van der Waals surface area contributed by atoms with Crippen LogP contribution in [0.4, 0.5) is 0 Å². The SMILES string of the molecule is Cc1ccccc1-[n+]1c(C)sc2cc3c4c(c21)Oc1ccccc1B4c1ccccc1O3. The second kappa shape index (κ2) is 6.47. The molecule has 0 unspecified atom stereocenters. The summed E-state index contributed by atoms with van der Waals surface area (Å²) < 4.78 is 16.6. The van der Waals surface area contributed by atoms with E-state index in [1.54, 1.807) is 11.3 Å². The quantitative estimate of drug-likeness (QED) is 0.281. The number of para-hydroxylation sites is 3. The molecule has 3 nitrogen and oxygen atoms in total. The van der Waals surface area contributed by atoms with Crippen molar-refractivity contribution in [1.82, 2.24) is 0 Å². The van der Waals surface area contributed by atoms with Gasteiger partial charge in [0.15, 0.2) is 5.75 Å². The Morgan fingerprint density at radius 1 is 0.750 bits per heavy atom. The van der Waals surface area contributed by atoms with Crippen LogP contribution in [0.25, 0.3) is 15.9 Å². The van der Waals surface area contributed by atoms with Gasteiger partial charge < -0.3 is 9.47 Å². The van der Waals surface area contributed by atoms with Crippen LogP contribution in [-0.2, 0) is 0 Å². The Morgan fingerprint density at radius 3 is 2.16 bits per heavy atom. The van der Waals surface area contributed by atoms with Gasteiger partial charge in [-0.3, -0.25) is 0 Å². The van der Waals surface area contributed by atoms with Crippen LogP contribution >= 0.6 is 11.3 Å². The number of thiazole rings is 1. The maximum absolute atomic E-state index is 6.67. The molecule has 7 rings (SSSR count). The van der Waals surface area contributed by atoms with Crippen LogP contribution in [0.15, 0.2) is 78.9 Å². The summed E-state index contributed by atoms with van der Waals surface area (Å²) in [5.41, 5.74) is 7.03. The van der Waals surface area contributed by atoms with Gasteiger partial charge in [0.25, 0.3) is 12.2 Å². The number of rotatable bonds is 1. The van der Waals surface area contributed by atoms with Gasteiger partial charge >= 0.3 is 0 Å². The van der Waals surface area contributed by atoms with Gasteiger partial charge in [-0.2, -0.15) is 0 Å². The first-order valence-electron chi connectivity index (χ1n) is 10.8. The van der Waals surface area contributed by atoms with Crippen LogP contribution in [0, 0.1) is 13.8 Å². The van der Waals surface area contributed by atoms with Gasteiger partial charge in [-0.1, -0.05) is 65.9 Å². The minimum Gasteiger partial charge on any atom is -0.458 e. The van der Waals surface area contributed by atoms with Crippen molar-refractivity contribution < 1.29 is 14.0 Å². The van der Waals surface area contributed by atoms with Crippen molar-refractivity contribution in [2.75, 3.05) is 0 Å². The van der Waals surface area contributed by atoms with Crippen molar-refractivity contribution >= 4 is 44.7 Å². The average molecular weight is 432 g/mol. The van der Waals surface area contributed by atoms with Crippen LogP contribution < -0.4 is 30.4 Å². The second-order valence-corrected chi connectivity index (χ2v) is 9.65. The van der Waals surface area contributed by atoms with Crippen molar-refractivity contribution in [1.29, 1.82) is 0 Å². The second-order valence-electron chi connectivity index (χ2n) is 8.42. The number of ether oxygens (including phenoxy) is 2. The predicted octanol–water partition coefficient (Wildman–Crippen LogP) is 4.52. The maximum Gasteiger partial charge on any atom is 0.272 e. The van der Waals surface area contributed by atoms with Crippen molar-refractivity contribution in [2.45, 2.75) is 13.8 Å². The molecule has 5 heteroatoms. The van der Waals surface area contributed by atoms with Crippen LogP contribution in [0.2, 0.25) is 0 Å². The molecule has 0 bridgehead atoms. The van der Waals surface area contributed by atoms with Gasteiger partial charge in [0, 0.05) is 30.1 Å². The summed E-state index contributed by atoms with van der Waals surface area (Å²) in [6.07, 6.45) is 0. The van der Waals surface area contributed by atoms with Gasteiger partial charge in [-0.05, 0) is 30.0 Å². The number of hydrogen-bond acceptors (Lipinski definition) is 3. The summed E-state index contributed by atoms with van der Waals surface area (Å²) in [6.45, 7) is 4.42. The van der Waals surface area contributed by atoms with E-state index >= 15 is 0 Å². The highest BCUT2D eigenvalue weighted by molar-refractivity contribution is 7.18. The fourth-order valence-corrected chi connectivity index (χ4v) is 6.21. The van der Waals surface area contributed by atoms with Crippen molar-refractivity contribution in [3.8, 4) is 28.7 Å². The van der Waals surface area contributed by atoms with Gasteiger partial charge in [-0.25, -0.2) is 0 Å². The Hall–Kier alpha value is -3.57. The fourth-order valence-electron chi connectivity index (χ4n) is 5.16. The molecular formula is C27H19BNO2S+. The van der Waals surface area contributed by atoms with E-state index in [-0.39, 0.29) is 6.71 Å². The highest BCUT2D eigenvalue weighted by atomic mass is 32.1. The summed E-state index contributed by atoms with van der Waals surface area (Å²) in [4.78, 5) is 0. The van der Waals surface area contributed by atoms with Gasteiger partial charge in [0.2, 0.25) is 10.7 Å². The Bertz CT molecular complexity index is 1560. The van der Waals surface area contributed by atoms with E-state index in [4.69, 9.17) is 9.47 Å². The van der Waals surface area contributed by atoms with Gasteiger partial charge in [0.1, 0.15) is 21.9 Å². The zero-order valence-corrected chi connectivity index (χ0v) is 18.6. The summed E-state index contributed by atoms with van der Waals surface area (Å²) in [6, 6.07) is 27.5. The molecule has 4 aromatic carbocycles. The molecule has 2 aliphatic rings. The zero-order chi connectivity index (χ0) is 21.4. The lowest BCUT2D eigenvalue weighted by Crippen LogP contribution is -2.57. The molecule has 0 aliphatic carbocycles. The molecule has 0 spiro atoms. The summed E-state index contributed by atoms with van der Waals surface area (Å²) in [7, 11) is 0. The molecular weight excluding hydrogens is 413 g/mol. The molecule has 0 radical (unpaired) electrons. The maximum atomic E-state index is 6.67. The molecule has 0 saturated heterocycles. The third-order valence-electron chi connectivity index (χ3n) is 6.55. The first-order chi connectivity index (χ1) is 15.7. The number of aromatic nitrogens is 1. The number of hydrogen-bond donors (Lipinski definition) is 0. The minimum absolute atomic E-state index is 0.0878. The molecule has 2 aliphatic heterocycles. The molecule has 0 fully saturated rings. The molecule has 152 valence electrons. The monoisotopic (exact) mass is 432 g/mol. The Morgan fingerprint density at radius 2 is 1.41 bits per heavy atom. The van der Waals surface area contributed by atoms with Crippen molar-refractivity contribution in [3.63, 3.8) is 0 Å². The van der Waals surface area contributed by atoms with E-state index in [1.165, 1.54) is 27.2 Å². The molecule has 0 amide bonds. The molecule has 0 saturated carbocycles. The Kier molecular flexibility index (Phi) is 3.65. The number of benzene rings is 4. The topological polar surface area (TPSA) is 22.3 Å². The van der Waals surface area contributed by atoms with E-state index in [9.17, 15) is 0 Å². The van der Waals surface area contributed by atoms with E-state index in [0.717, 1.165) is 38.7 Å². The van der Waals surface area contributed by atoms with E-state index in [1.807, 2.05) is 12.1 Å². The first kappa shape index (κ1) is 18.0. The lowest BCUT2D eigenvalue weighted by molar-refractivity contribution is -0.569. The van der Waals surface area contributed by atoms with E-state index in [2.05, 4.69) is 85.1 Å². The average Bonchev–Trinajstić information content (AvgIpc) is 3.14. The molecule has 0 N–H and O–H groups in total. The van der Waals surface area contributed by atoms with Crippen molar-refractivity contribution in [2.24, 2.45) is 0 Å². The molecule has 5 aromatic rings. The predicted molar refractivity (Wildman–Crippen MR) is 131 cm³/mol. The first-order valence-corrected chi connectivity index (χ1v) is 11.6. The fraction of sp³-hybridized carbons (Fsp3) is 0.0741. The standard InChI is InChI=1S/C27H19BNO2S/c1-16-9-3-6-12-20(16)29-17(2)32-24-15-23-25-27(26(24)29)31-22-14-8-5-11-19(22)28(25)18-10-4-7-13-21(18)30-23/h3-15H,1-2H3/q+1. The largest absolute Gasteiger partial charge is 0.458 e. The number of aryl methyl sites for hydroxylation is 2. The smallest absolute Gasteiger partial charge is 0.272 e. The third kappa shape index (κ3) is 2.34. The Balaban J connectivity index is 1.62. The van der Waals surface area contributed by atoms with Gasteiger partial charge in [0.05, 0.1) is 0 Å². The zero-order valence-electron chi connectivity index (χ0n) is 17.8. The number of fused-ring (bicyclic) bond motifs is 6. The van der Waals surface area contributed by atoms with Crippen LogP contribution in [0.1, 0.15) is 10.6 Å². The van der Waals surface area contributed by atoms with Gasteiger partial charge in [-0.15, -0.1) is 4.57 Å². The highest BCUT2D eigenvalue weighted by Gasteiger charge is 2.43. The molecule has 0 atom stereocenters. The lowest BCUT2D eigenvalue weighted by atomic mass is 9.35. The van der Waals surface area contributed by atoms with Crippen molar-refractivity contribution in [3.05, 3.63) is 89.4 Å². The molecule has 32 heavy (non-hydrogen) atoms. The van der Waals surface area contributed by atoms with E-state index in [0.29, 0.717) is 0 Å². The van der Waals surface area contributed by atoms with E-state index < -0.39 is 0 Å². The molecule has 3 heterocycles. The van der Waals surface area contributed by atoms with Crippen LogP contribution in [0.5, 0.6) is 23.0 Å². The normalized spacial score (nSPS) is 13.1. The van der Waals surface area contributed by atoms with Crippen LogP contribution in [-0.4, -0.2) is 6.71 Å².